The molecule has 0 radical (unpaired) electrons. The first-order chi connectivity index (χ1) is 11.6. The molecule has 25 heavy (non-hydrogen) atoms. The van der Waals surface area contributed by atoms with Crippen molar-refractivity contribution in [1.29, 1.82) is 0 Å². The Balaban J connectivity index is 2.38. The minimum absolute atomic E-state index is 0.0836. The van der Waals surface area contributed by atoms with Crippen molar-refractivity contribution in [1.82, 2.24) is 0 Å². The molecule has 0 saturated carbocycles. The van der Waals surface area contributed by atoms with Gasteiger partial charge in [0.15, 0.2) is 5.60 Å². The largest absolute Gasteiger partial charge is 0.475 e. The average molecular weight is 348 g/mol. The number of benzene rings is 2. The minimum Gasteiger partial charge on any atom is -0.475 e. The quantitative estimate of drug-likeness (QED) is 0.456. The molecule has 130 valence electrons. The van der Waals surface area contributed by atoms with Crippen molar-refractivity contribution in [2.24, 2.45) is 0 Å². The molecular formula is C19H15F3O3. The number of hydrogen-bond acceptors (Lipinski definition) is 3. The van der Waals surface area contributed by atoms with E-state index in [1.165, 1.54) is 13.8 Å². The molecule has 0 aliphatic rings. The minimum atomic E-state index is -4.65. The van der Waals surface area contributed by atoms with Crippen LogP contribution in [0.1, 0.15) is 29.8 Å². The second-order valence-corrected chi connectivity index (χ2v) is 5.67. The van der Waals surface area contributed by atoms with E-state index in [9.17, 15) is 18.0 Å². The van der Waals surface area contributed by atoms with Crippen LogP contribution in [0.3, 0.4) is 0 Å². The standard InChI is InChI=1S/C19H15F3O3/c1-4-18(2,3)25-16-12-13(10-11-15(16)19(20,21)22)17(23)24-14-8-6-5-7-9-14/h1,5-12H,2-3H3. The Morgan fingerprint density at radius 1 is 1.08 bits per heavy atom. The first kappa shape index (κ1) is 18.4. The van der Waals surface area contributed by atoms with Gasteiger partial charge in [0.1, 0.15) is 11.5 Å². The van der Waals surface area contributed by atoms with Crippen LogP contribution in [0.5, 0.6) is 11.5 Å². The second kappa shape index (κ2) is 6.89. The predicted molar refractivity (Wildman–Crippen MR) is 86.4 cm³/mol. The number of rotatable bonds is 4. The number of para-hydroxylation sites is 1. The molecule has 2 aromatic rings. The Kier molecular flexibility index (Phi) is 5.07. The van der Waals surface area contributed by atoms with Gasteiger partial charge in [-0.1, -0.05) is 24.1 Å². The van der Waals surface area contributed by atoms with Gasteiger partial charge in [-0.05, 0) is 44.2 Å². The molecule has 0 atom stereocenters. The van der Waals surface area contributed by atoms with E-state index in [2.05, 4.69) is 5.92 Å². The second-order valence-electron chi connectivity index (χ2n) is 5.67. The third kappa shape index (κ3) is 4.77. The molecule has 0 heterocycles. The molecule has 0 unspecified atom stereocenters. The van der Waals surface area contributed by atoms with Gasteiger partial charge < -0.3 is 9.47 Å². The van der Waals surface area contributed by atoms with Gasteiger partial charge in [0.25, 0.3) is 0 Å². The molecular weight excluding hydrogens is 333 g/mol. The topological polar surface area (TPSA) is 35.5 Å². The maximum absolute atomic E-state index is 13.2. The number of hydrogen-bond donors (Lipinski definition) is 0. The van der Waals surface area contributed by atoms with E-state index in [1.54, 1.807) is 30.3 Å². The maximum Gasteiger partial charge on any atom is 0.419 e. The lowest BCUT2D eigenvalue weighted by atomic mass is 10.1. The third-order valence-electron chi connectivity index (χ3n) is 3.19. The molecule has 0 saturated heterocycles. The van der Waals surface area contributed by atoms with Crippen molar-refractivity contribution >= 4 is 5.97 Å². The number of ether oxygens (including phenoxy) is 2. The molecule has 2 aromatic carbocycles. The fourth-order valence-electron chi connectivity index (χ4n) is 1.93. The zero-order chi connectivity index (χ0) is 18.7. The molecule has 6 heteroatoms. The summed E-state index contributed by atoms with van der Waals surface area (Å²) in [5.74, 6) is 1.20. The summed E-state index contributed by atoms with van der Waals surface area (Å²) in [6.45, 7) is 2.89. The molecule has 0 amide bonds. The Morgan fingerprint density at radius 3 is 2.28 bits per heavy atom. The van der Waals surface area contributed by atoms with Crippen molar-refractivity contribution in [3.8, 4) is 23.8 Å². The van der Waals surface area contributed by atoms with E-state index in [-0.39, 0.29) is 11.3 Å². The number of halogens is 3. The summed E-state index contributed by atoms with van der Waals surface area (Å²) in [5, 5.41) is 0. The Hall–Kier alpha value is -2.94. The lowest BCUT2D eigenvalue weighted by Crippen LogP contribution is -2.27. The highest BCUT2D eigenvalue weighted by molar-refractivity contribution is 5.91. The number of esters is 1. The summed E-state index contributed by atoms with van der Waals surface area (Å²) in [5.41, 5.74) is -2.38. The van der Waals surface area contributed by atoms with Crippen molar-refractivity contribution in [3.63, 3.8) is 0 Å². The zero-order valence-electron chi connectivity index (χ0n) is 13.6. The van der Waals surface area contributed by atoms with Crippen LogP contribution in [0.4, 0.5) is 13.2 Å². The Labute approximate surface area is 143 Å². The molecule has 3 nitrogen and oxygen atoms in total. The van der Waals surface area contributed by atoms with Crippen molar-refractivity contribution in [3.05, 3.63) is 59.7 Å². The van der Waals surface area contributed by atoms with Crippen LogP contribution in [0.2, 0.25) is 0 Å². The smallest absolute Gasteiger partial charge is 0.419 e. The van der Waals surface area contributed by atoms with Gasteiger partial charge in [-0.3, -0.25) is 0 Å². The fourth-order valence-corrected chi connectivity index (χ4v) is 1.93. The van der Waals surface area contributed by atoms with Crippen LogP contribution in [-0.2, 0) is 6.18 Å². The van der Waals surface area contributed by atoms with Gasteiger partial charge in [0.05, 0.1) is 11.1 Å². The lowest BCUT2D eigenvalue weighted by Gasteiger charge is -2.23. The van der Waals surface area contributed by atoms with E-state index >= 15 is 0 Å². The van der Waals surface area contributed by atoms with E-state index < -0.39 is 29.1 Å². The normalized spacial score (nSPS) is 11.5. The predicted octanol–water partition coefficient (Wildman–Crippen LogP) is 4.72. The first-order valence-corrected chi connectivity index (χ1v) is 7.27. The van der Waals surface area contributed by atoms with Gasteiger partial charge in [-0.15, -0.1) is 6.42 Å². The summed E-state index contributed by atoms with van der Waals surface area (Å²) in [4.78, 5) is 12.2. The van der Waals surface area contributed by atoms with Crippen LogP contribution >= 0.6 is 0 Å². The molecule has 0 spiro atoms. The lowest BCUT2D eigenvalue weighted by molar-refractivity contribution is -0.139. The molecule has 0 aliphatic carbocycles. The summed E-state index contributed by atoms with van der Waals surface area (Å²) >= 11 is 0. The van der Waals surface area contributed by atoms with E-state index in [0.717, 1.165) is 18.2 Å². The van der Waals surface area contributed by atoms with Gasteiger partial charge >= 0.3 is 12.1 Å². The maximum atomic E-state index is 13.2. The highest BCUT2D eigenvalue weighted by Gasteiger charge is 2.36. The van der Waals surface area contributed by atoms with Crippen LogP contribution in [-0.4, -0.2) is 11.6 Å². The average Bonchev–Trinajstić information content (AvgIpc) is 2.54. The zero-order valence-corrected chi connectivity index (χ0v) is 13.6. The van der Waals surface area contributed by atoms with Gasteiger partial charge in [0, 0.05) is 0 Å². The van der Waals surface area contributed by atoms with E-state index in [0.29, 0.717) is 0 Å². The summed E-state index contributed by atoms with van der Waals surface area (Å²) in [7, 11) is 0. The van der Waals surface area contributed by atoms with E-state index in [4.69, 9.17) is 15.9 Å². The van der Waals surface area contributed by atoms with Crippen molar-refractivity contribution in [2.75, 3.05) is 0 Å². The Morgan fingerprint density at radius 2 is 1.72 bits per heavy atom. The summed E-state index contributed by atoms with van der Waals surface area (Å²) in [6, 6.07) is 11.0. The molecule has 0 bridgehead atoms. The number of terminal acetylenes is 1. The van der Waals surface area contributed by atoms with Gasteiger partial charge in [-0.25, -0.2) is 4.79 Å². The van der Waals surface area contributed by atoms with Crippen molar-refractivity contribution in [2.45, 2.75) is 25.6 Å². The van der Waals surface area contributed by atoms with Crippen molar-refractivity contribution < 1.29 is 27.4 Å². The number of alkyl halides is 3. The van der Waals surface area contributed by atoms with Crippen LogP contribution in [0.15, 0.2) is 48.5 Å². The van der Waals surface area contributed by atoms with Gasteiger partial charge in [0.2, 0.25) is 0 Å². The van der Waals surface area contributed by atoms with Crippen LogP contribution in [0, 0.1) is 12.3 Å². The summed E-state index contributed by atoms with van der Waals surface area (Å²) in [6.07, 6.45) is 0.614. The third-order valence-corrected chi connectivity index (χ3v) is 3.19. The molecule has 0 N–H and O–H groups in total. The monoisotopic (exact) mass is 348 g/mol. The Bertz CT molecular complexity index is 803. The number of carbonyl (C=O) groups is 1. The number of carbonyl (C=O) groups excluding carboxylic acids is 1. The molecule has 2 rings (SSSR count). The van der Waals surface area contributed by atoms with E-state index in [1.807, 2.05) is 0 Å². The fraction of sp³-hybridized carbons (Fsp3) is 0.211. The highest BCUT2D eigenvalue weighted by atomic mass is 19.4. The molecule has 0 aliphatic heterocycles. The SMILES string of the molecule is C#CC(C)(C)Oc1cc(C(=O)Oc2ccccc2)ccc1C(F)(F)F. The molecule has 0 aromatic heterocycles. The van der Waals surface area contributed by atoms with Crippen LogP contribution < -0.4 is 9.47 Å². The summed E-state index contributed by atoms with van der Waals surface area (Å²) < 4.78 is 49.9. The first-order valence-electron chi connectivity index (χ1n) is 7.27. The molecule has 0 fully saturated rings. The highest BCUT2D eigenvalue weighted by Crippen LogP contribution is 2.38. The van der Waals surface area contributed by atoms with Gasteiger partial charge in [-0.2, -0.15) is 13.2 Å². The van der Waals surface area contributed by atoms with Crippen LogP contribution in [0.25, 0.3) is 0 Å².